The van der Waals surface area contributed by atoms with Crippen molar-refractivity contribution in [2.24, 2.45) is 0 Å². The van der Waals surface area contributed by atoms with Gasteiger partial charge in [0.15, 0.2) is 0 Å². The average Bonchev–Trinajstić information content (AvgIpc) is 2.54. The van der Waals surface area contributed by atoms with E-state index in [0.29, 0.717) is 11.6 Å². The first-order chi connectivity index (χ1) is 8.18. The third-order valence-corrected chi connectivity index (χ3v) is 3.34. The molecule has 1 saturated heterocycles. The van der Waals surface area contributed by atoms with Gasteiger partial charge in [0.25, 0.3) is 0 Å². The van der Waals surface area contributed by atoms with Gasteiger partial charge in [-0.3, -0.25) is 0 Å². The van der Waals surface area contributed by atoms with Crippen LogP contribution in [0.3, 0.4) is 0 Å². The van der Waals surface area contributed by atoms with Gasteiger partial charge >= 0.3 is 5.97 Å². The molecule has 1 fully saturated rings. The lowest BCUT2D eigenvalue weighted by molar-refractivity contribution is 0.0697. The molecule has 0 saturated carbocycles. The highest BCUT2D eigenvalue weighted by Gasteiger charge is 2.19. The molecule has 0 bridgehead atoms. The Bertz CT molecular complexity index is 406. The van der Waals surface area contributed by atoms with E-state index in [9.17, 15) is 4.79 Å². The summed E-state index contributed by atoms with van der Waals surface area (Å²) in [6, 6.07) is 3.65. The first-order valence-corrected chi connectivity index (χ1v) is 6.14. The van der Waals surface area contributed by atoms with E-state index in [4.69, 9.17) is 5.11 Å². The van der Waals surface area contributed by atoms with Crippen LogP contribution in [-0.2, 0) is 0 Å². The summed E-state index contributed by atoms with van der Waals surface area (Å²) < 4.78 is 0. The van der Waals surface area contributed by atoms with Gasteiger partial charge in [-0.2, -0.15) is 0 Å². The summed E-state index contributed by atoms with van der Waals surface area (Å²) in [6.07, 6.45) is 6.38. The number of rotatable bonds is 2. The van der Waals surface area contributed by atoms with Crippen LogP contribution in [0.25, 0.3) is 0 Å². The molecule has 0 aromatic carbocycles. The van der Waals surface area contributed by atoms with Gasteiger partial charge in [0.05, 0.1) is 5.56 Å². The number of carbonyl (C=O) groups is 1. The molecule has 1 atom stereocenters. The summed E-state index contributed by atoms with van der Waals surface area (Å²) >= 11 is 0. The second-order valence-corrected chi connectivity index (χ2v) is 4.60. The normalized spacial score (nSPS) is 21.0. The minimum atomic E-state index is -0.892. The van der Waals surface area contributed by atoms with Crippen molar-refractivity contribution in [3.8, 4) is 0 Å². The van der Waals surface area contributed by atoms with Gasteiger partial charge in [0.2, 0.25) is 0 Å². The molecule has 1 aromatic heterocycles. The smallest absolute Gasteiger partial charge is 0.335 e. The van der Waals surface area contributed by atoms with Crippen LogP contribution < -0.4 is 4.90 Å². The molecule has 0 radical (unpaired) electrons. The van der Waals surface area contributed by atoms with Gasteiger partial charge in [-0.25, -0.2) is 9.78 Å². The second kappa shape index (κ2) is 5.17. The van der Waals surface area contributed by atoms with Crippen molar-refractivity contribution in [1.82, 2.24) is 4.98 Å². The highest BCUT2D eigenvalue weighted by atomic mass is 16.4. The van der Waals surface area contributed by atoms with Crippen molar-refractivity contribution in [2.75, 3.05) is 11.4 Å². The molecule has 0 aliphatic carbocycles. The number of carboxylic acids is 1. The van der Waals surface area contributed by atoms with Gasteiger partial charge in [0.1, 0.15) is 5.82 Å². The lowest BCUT2D eigenvalue weighted by atomic mass is 10.1. The van der Waals surface area contributed by atoms with Gasteiger partial charge < -0.3 is 10.0 Å². The molecule has 4 heteroatoms. The van der Waals surface area contributed by atoms with E-state index in [-0.39, 0.29) is 0 Å². The van der Waals surface area contributed by atoms with Crippen LogP contribution >= 0.6 is 0 Å². The fourth-order valence-corrected chi connectivity index (χ4v) is 2.32. The van der Waals surface area contributed by atoms with Crippen LogP contribution in [0.2, 0.25) is 0 Å². The number of anilines is 1. The number of nitrogens with zero attached hydrogens (tertiary/aromatic N) is 2. The van der Waals surface area contributed by atoms with Crippen LogP contribution in [0, 0.1) is 0 Å². The standard InChI is InChI=1S/C13H18N2O2/c1-10-5-3-2-4-8-15(10)12-9-11(13(16)17)6-7-14-12/h6-7,9-10H,2-5,8H2,1H3,(H,16,17). The molecule has 17 heavy (non-hydrogen) atoms. The number of aromatic carboxylic acids is 1. The zero-order valence-electron chi connectivity index (χ0n) is 10.1. The average molecular weight is 234 g/mol. The molecule has 1 aliphatic rings. The van der Waals surface area contributed by atoms with Crippen molar-refractivity contribution in [1.29, 1.82) is 0 Å². The molecule has 2 heterocycles. The molecule has 1 unspecified atom stereocenters. The zero-order chi connectivity index (χ0) is 12.3. The van der Waals surface area contributed by atoms with Crippen LogP contribution in [0.15, 0.2) is 18.3 Å². The molecule has 1 aliphatic heterocycles. The van der Waals surface area contributed by atoms with Crippen molar-refractivity contribution >= 4 is 11.8 Å². The van der Waals surface area contributed by atoms with Crippen molar-refractivity contribution < 1.29 is 9.90 Å². The Morgan fingerprint density at radius 1 is 1.47 bits per heavy atom. The summed E-state index contributed by atoms with van der Waals surface area (Å²) in [5, 5.41) is 8.98. The highest BCUT2D eigenvalue weighted by Crippen LogP contribution is 2.22. The summed E-state index contributed by atoms with van der Waals surface area (Å²) in [6.45, 7) is 3.15. The Hall–Kier alpha value is -1.58. The lowest BCUT2D eigenvalue weighted by Crippen LogP contribution is -2.33. The molecule has 92 valence electrons. The lowest BCUT2D eigenvalue weighted by Gasteiger charge is -2.28. The van der Waals surface area contributed by atoms with E-state index in [2.05, 4.69) is 16.8 Å². The van der Waals surface area contributed by atoms with E-state index in [1.54, 1.807) is 12.3 Å². The topological polar surface area (TPSA) is 53.4 Å². The predicted octanol–water partition coefficient (Wildman–Crippen LogP) is 2.55. The van der Waals surface area contributed by atoms with Crippen LogP contribution in [0.1, 0.15) is 43.0 Å². The van der Waals surface area contributed by atoms with E-state index >= 15 is 0 Å². The Morgan fingerprint density at radius 3 is 3.06 bits per heavy atom. The minimum Gasteiger partial charge on any atom is -0.478 e. The number of carboxylic acid groups (broad SMARTS) is 1. The molecular weight excluding hydrogens is 216 g/mol. The van der Waals surface area contributed by atoms with Crippen molar-refractivity contribution in [2.45, 2.75) is 38.6 Å². The van der Waals surface area contributed by atoms with Gasteiger partial charge in [0, 0.05) is 18.8 Å². The maximum atomic E-state index is 10.9. The molecule has 4 nitrogen and oxygen atoms in total. The molecule has 0 amide bonds. The highest BCUT2D eigenvalue weighted by molar-refractivity contribution is 5.88. The maximum absolute atomic E-state index is 10.9. The largest absolute Gasteiger partial charge is 0.478 e. The SMILES string of the molecule is CC1CCCCCN1c1cc(C(=O)O)ccn1. The van der Waals surface area contributed by atoms with Crippen LogP contribution in [-0.4, -0.2) is 28.6 Å². The first-order valence-electron chi connectivity index (χ1n) is 6.14. The van der Waals surface area contributed by atoms with E-state index < -0.39 is 5.97 Å². The van der Waals surface area contributed by atoms with Gasteiger partial charge in [-0.05, 0) is 31.9 Å². The minimum absolute atomic E-state index is 0.312. The van der Waals surface area contributed by atoms with E-state index in [1.165, 1.54) is 18.9 Å². The molecule has 1 N–H and O–H groups in total. The number of hydrogen-bond acceptors (Lipinski definition) is 3. The summed E-state index contributed by atoms with van der Waals surface area (Å²) in [7, 11) is 0. The Kier molecular flexibility index (Phi) is 3.61. The van der Waals surface area contributed by atoms with Crippen molar-refractivity contribution in [3.05, 3.63) is 23.9 Å². The number of aromatic nitrogens is 1. The molecular formula is C13H18N2O2. The van der Waals surface area contributed by atoms with Gasteiger partial charge in [-0.15, -0.1) is 0 Å². The Morgan fingerprint density at radius 2 is 2.29 bits per heavy atom. The predicted molar refractivity (Wildman–Crippen MR) is 66.5 cm³/mol. The fraction of sp³-hybridized carbons (Fsp3) is 0.538. The molecule has 0 spiro atoms. The number of hydrogen-bond donors (Lipinski definition) is 1. The second-order valence-electron chi connectivity index (χ2n) is 4.60. The fourth-order valence-electron chi connectivity index (χ4n) is 2.32. The third kappa shape index (κ3) is 2.75. The van der Waals surface area contributed by atoms with Gasteiger partial charge in [-0.1, -0.05) is 12.8 Å². The van der Waals surface area contributed by atoms with E-state index in [1.807, 2.05) is 0 Å². The zero-order valence-corrected chi connectivity index (χ0v) is 10.1. The van der Waals surface area contributed by atoms with E-state index in [0.717, 1.165) is 25.2 Å². The summed E-state index contributed by atoms with van der Waals surface area (Å²) in [5.74, 6) is -0.101. The quantitative estimate of drug-likeness (QED) is 0.854. The third-order valence-electron chi connectivity index (χ3n) is 3.34. The Labute approximate surface area is 101 Å². The molecule has 1 aromatic rings. The van der Waals surface area contributed by atoms with Crippen LogP contribution in [0.4, 0.5) is 5.82 Å². The number of pyridine rings is 1. The monoisotopic (exact) mass is 234 g/mol. The summed E-state index contributed by atoms with van der Waals surface area (Å²) in [4.78, 5) is 17.5. The van der Waals surface area contributed by atoms with Crippen molar-refractivity contribution in [3.63, 3.8) is 0 Å². The Balaban J connectivity index is 2.25. The van der Waals surface area contributed by atoms with Crippen LogP contribution in [0.5, 0.6) is 0 Å². The first kappa shape index (κ1) is 11.9. The summed E-state index contributed by atoms with van der Waals surface area (Å²) in [5.41, 5.74) is 0.312. The maximum Gasteiger partial charge on any atom is 0.335 e. The molecule has 2 rings (SSSR count).